The first-order valence-corrected chi connectivity index (χ1v) is 13.6. The highest BCUT2D eigenvalue weighted by Gasteiger charge is 2.14. The molecule has 0 saturated heterocycles. The normalized spacial score (nSPS) is 10.9. The molecule has 2 aromatic heterocycles. The van der Waals surface area contributed by atoms with Crippen molar-refractivity contribution in [2.75, 3.05) is 27.4 Å². The Labute approximate surface area is 239 Å². The molecule has 0 saturated carbocycles. The van der Waals surface area contributed by atoms with E-state index in [2.05, 4.69) is 10.3 Å². The zero-order chi connectivity index (χ0) is 28.1. The molecule has 0 bridgehead atoms. The van der Waals surface area contributed by atoms with Crippen LogP contribution >= 0.6 is 22.9 Å². The van der Waals surface area contributed by atoms with Crippen LogP contribution in [0.4, 0.5) is 0 Å². The van der Waals surface area contributed by atoms with E-state index in [1.165, 1.54) is 29.3 Å². The Morgan fingerprint density at radius 2 is 1.75 bits per heavy atom. The molecule has 5 aromatic rings. The van der Waals surface area contributed by atoms with Gasteiger partial charge in [0, 0.05) is 22.5 Å². The number of carbonyl (C=O) groups excluding carboxylic acids is 1. The van der Waals surface area contributed by atoms with Gasteiger partial charge in [0.05, 0.1) is 25.4 Å². The Bertz CT molecular complexity index is 1700. The van der Waals surface area contributed by atoms with Gasteiger partial charge in [-0.2, -0.15) is 0 Å². The fraction of sp³-hybridized carbons (Fsp3) is 0.167. The summed E-state index contributed by atoms with van der Waals surface area (Å²) in [7, 11) is 3.13. The maximum atomic E-state index is 13.3. The molecule has 0 radical (unpaired) electrons. The average molecular weight is 576 g/mol. The molecule has 1 amide bonds. The summed E-state index contributed by atoms with van der Waals surface area (Å²) in [5.41, 5.74) is 3.05. The van der Waals surface area contributed by atoms with Gasteiger partial charge >= 0.3 is 0 Å². The van der Waals surface area contributed by atoms with Crippen LogP contribution in [0, 0.1) is 0 Å². The lowest BCUT2D eigenvalue weighted by molar-refractivity contribution is -0.123. The summed E-state index contributed by atoms with van der Waals surface area (Å²) in [4.78, 5) is 31.1. The Hall–Kier alpha value is -4.34. The number of fused-ring (bicyclic) bond motifs is 1. The standard InChI is InChI=1S/C30H26ClN3O5S/c1-37-23-10-3-19(4-11-23)13-14-32-28(35)17-39-25-12-9-22(15-26(25)38-2)34-18-33-24-16-27(40-29(24)30(34)36)20-5-7-21(31)8-6-20/h3-12,15-16,18H,13-14,17H2,1-2H3,(H,32,35). The van der Waals surface area contributed by atoms with E-state index >= 15 is 0 Å². The van der Waals surface area contributed by atoms with Crippen molar-refractivity contribution >= 4 is 39.1 Å². The van der Waals surface area contributed by atoms with Gasteiger partial charge in [-0.3, -0.25) is 14.2 Å². The minimum atomic E-state index is -0.250. The van der Waals surface area contributed by atoms with E-state index in [-0.39, 0.29) is 18.1 Å². The number of hydrogen-bond acceptors (Lipinski definition) is 7. The van der Waals surface area contributed by atoms with Gasteiger partial charge in [0.25, 0.3) is 11.5 Å². The number of halogens is 1. The highest BCUT2D eigenvalue weighted by atomic mass is 35.5. The Kier molecular flexibility index (Phi) is 8.33. The number of thiophene rings is 1. The molecule has 0 aliphatic heterocycles. The minimum absolute atomic E-state index is 0.172. The second-order valence-electron chi connectivity index (χ2n) is 8.82. The minimum Gasteiger partial charge on any atom is -0.497 e. The molecule has 3 aromatic carbocycles. The van der Waals surface area contributed by atoms with Gasteiger partial charge in [0.1, 0.15) is 16.8 Å². The summed E-state index contributed by atoms with van der Waals surface area (Å²) >= 11 is 7.39. The van der Waals surface area contributed by atoms with Crippen LogP contribution in [0.3, 0.4) is 0 Å². The number of rotatable bonds is 10. The smallest absolute Gasteiger partial charge is 0.275 e. The van der Waals surface area contributed by atoms with Crippen molar-refractivity contribution in [1.29, 1.82) is 0 Å². The Morgan fingerprint density at radius 3 is 2.48 bits per heavy atom. The third-order valence-electron chi connectivity index (χ3n) is 6.25. The zero-order valence-corrected chi connectivity index (χ0v) is 23.4. The van der Waals surface area contributed by atoms with E-state index in [0.717, 1.165) is 21.8 Å². The number of ether oxygens (including phenoxy) is 3. The van der Waals surface area contributed by atoms with Crippen molar-refractivity contribution in [2.45, 2.75) is 6.42 Å². The van der Waals surface area contributed by atoms with Gasteiger partial charge in [0.15, 0.2) is 18.1 Å². The topological polar surface area (TPSA) is 91.7 Å². The zero-order valence-electron chi connectivity index (χ0n) is 21.8. The summed E-state index contributed by atoms with van der Waals surface area (Å²) in [5.74, 6) is 1.32. The summed E-state index contributed by atoms with van der Waals surface area (Å²) in [5, 5.41) is 3.50. The second-order valence-corrected chi connectivity index (χ2v) is 10.3. The summed E-state index contributed by atoms with van der Waals surface area (Å²) in [6, 6.07) is 22.1. The van der Waals surface area contributed by atoms with Crippen LogP contribution in [-0.4, -0.2) is 42.8 Å². The number of benzene rings is 3. The van der Waals surface area contributed by atoms with Gasteiger partial charge in [-0.25, -0.2) is 4.98 Å². The first kappa shape index (κ1) is 27.2. The number of amides is 1. The van der Waals surface area contributed by atoms with Crippen molar-refractivity contribution in [2.24, 2.45) is 0 Å². The molecule has 0 aliphatic rings. The van der Waals surface area contributed by atoms with E-state index < -0.39 is 0 Å². The fourth-order valence-corrected chi connectivity index (χ4v) is 5.28. The fourth-order valence-electron chi connectivity index (χ4n) is 4.11. The van der Waals surface area contributed by atoms with Crippen LogP contribution in [0.15, 0.2) is 83.9 Å². The lowest BCUT2D eigenvalue weighted by Gasteiger charge is -2.13. The highest BCUT2D eigenvalue weighted by molar-refractivity contribution is 7.22. The molecule has 40 heavy (non-hydrogen) atoms. The average Bonchev–Trinajstić information content (AvgIpc) is 3.42. The molecule has 5 rings (SSSR count). The molecule has 0 atom stereocenters. The van der Waals surface area contributed by atoms with Crippen LogP contribution in [0.25, 0.3) is 26.3 Å². The summed E-state index contributed by atoms with van der Waals surface area (Å²) in [6.45, 7) is 0.305. The first-order chi connectivity index (χ1) is 19.4. The van der Waals surface area contributed by atoms with E-state index in [4.69, 9.17) is 25.8 Å². The van der Waals surface area contributed by atoms with E-state index in [1.807, 2.05) is 54.6 Å². The molecule has 10 heteroatoms. The van der Waals surface area contributed by atoms with Crippen LogP contribution in [-0.2, 0) is 11.2 Å². The lowest BCUT2D eigenvalue weighted by atomic mass is 10.1. The van der Waals surface area contributed by atoms with Gasteiger partial charge < -0.3 is 19.5 Å². The maximum Gasteiger partial charge on any atom is 0.275 e. The summed E-state index contributed by atoms with van der Waals surface area (Å²) < 4.78 is 18.4. The van der Waals surface area contributed by atoms with Crippen molar-refractivity contribution in [3.05, 3.63) is 100 Å². The molecule has 2 heterocycles. The molecular weight excluding hydrogens is 550 g/mol. The number of aromatic nitrogens is 2. The van der Waals surface area contributed by atoms with Crippen molar-refractivity contribution in [3.63, 3.8) is 0 Å². The number of methoxy groups -OCH3 is 2. The highest BCUT2D eigenvalue weighted by Crippen LogP contribution is 2.33. The van der Waals surface area contributed by atoms with E-state index in [1.54, 1.807) is 25.3 Å². The van der Waals surface area contributed by atoms with E-state index in [9.17, 15) is 9.59 Å². The molecule has 0 fully saturated rings. The Balaban J connectivity index is 1.25. The molecule has 204 valence electrons. The lowest BCUT2D eigenvalue weighted by Crippen LogP contribution is -2.30. The molecule has 0 spiro atoms. The van der Waals surface area contributed by atoms with E-state index in [0.29, 0.717) is 45.4 Å². The summed E-state index contributed by atoms with van der Waals surface area (Å²) in [6.07, 6.45) is 2.18. The number of carbonyl (C=O) groups is 1. The largest absolute Gasteiger partial charge is 0.497 e. The van der Waals surface area contributed by atoms with Crippen LogP contribution in [0.5, 0.6) is 17.2 Å². The monoisotopic (exact) mass is 575 g/mol. The predicted octanol–water partition coefficient (Wildman–Crippen LogP) is 5.52. The quantitative estimate of drug-likeness (QED) is 0.236. The maximum absolute atomic E-state index is 13.3. The second kappa shape index (κ2) is 12.2. The number of hydrogen-bond donors (Lipinski definition) is 1. The van der Waals surface area contributed by atoms with Crippen molar-refractivity contribution in [3.8, 4) is 33.4 Å². The predicted molar refractivity (Wildman–Crippen MR) is 157 cm³/mol. The van der Waals surface area contributed by atoms with Crippen LogP contribution in [0.1, 0.15) is 5.56 Å². The van der Waals surface area contributed by atoms with Gasteiger partial charge in [0.2, 0.25) is 0 Å². The van der Waals surface area contributed by atoms with Crippen molar-refractivity contribution in [1.82, 2.24) is 14.9 Å². The SMILES string of the molecule is COc1ccc(CCNC(=O)COc2ccc(-n3cnc4cc(-c5ccc(Cl)cc5)sc4c3=O)cc2OC)cc1. The van der Waals surface area contributed by atoms with Gasteiger partial charge in [-0.05, 0) is 60.0 Å². The molecule has 0 aliphatic carbocycles. The third-order valence-corrected chi connectivity index (χ3v) is 7.66. The van der Waals surface area contributed by atoms with Gasteiger partial charge in [-0.1, -0.05) is 35.9 Å². The third kappa shape index (κ3) is 6.11. The molecular formula is C30H26ClN3O5S. The molecule has 8 nitrogen and oxygen atoms in total. The molecule has 1 N–H and O–H groups in total. The number of nitrogens with zero attached hydrogens (tertiary/aromatic N) is 2. The Morgan fingerprint density at radius 1 is 0.975 bits per heavy atom. The van der Waals surface area contributed by atoms with Crippen LogP contribution < -0.4 is 25.1 Å². The number of nitrogens with one attached hydrogen (secondary N) is 1. The molecule has 0 unspecified atom stereocenters. The van der Waals surface area contributed by atoms with Crippen molar-refractivity contribution < 1.29 is 19.0 Å². The van der Waals surface area contributed by atoms with Crippen LogP contribution in [0.2, 0.25) is 5.02 Å². The first-order valence-electron chi connectivity index (χ1n) is 12.4. The van der Waals surface area contributed by atoms with Gasteiger partial charge in [-0.15, -0.1) is 11.3 Å².